The molecular weight excluding hydrogens is 286 g/mol. The molecule has 1 aliphatic carbocycles. The second-order valence-electron chi connectivity index (χ2n) is 4.78. The van der Waals surface area contributed by atoms with Crippen molar-refractivity contribution >= 4 is 23.2 Å². The maximum atomic E-state index is 13.5. The summed E-state index contributed by atoms with van der Waals surface area (Å²) in [4.78, 5) is 8.82. The number of nitrogens with zero attached hydrogens (tertiary/aromatic N) is 2. The van der Waals surface area contributed by atoms with Crippen molar-refractivity contribution in [1.29, 1.82) is 0 Å². The molecule has 1 fully saturated rings. The van der Waals surface area contributed by atoms with Gasteiger partial charge in [0.1, 0.15) is 16.8 Å². The number of rotatable bonds is 2. The highest BCUT2D eigenvalue weighted by atomic mass is 35.5. The lowest BCUT2D eigenvalue weighted by Gasteiger charge is -2.09. The first kappa shape index (κ1) is 12.8. The van der Waals surface area contributed by atoms with E-state index in [0.717, 1.165) is 24.2 Å². The van der Waals surface area contributed by atoms with Crippen molar-refractivity contribution in [2.24, 2.45) is 0 Å². The van der Waals surface area contributed by atoms with E-state index in [1.54, 1.807) is 6.07 Å². The molecule has 0 aliphatic heterocycles. The molecule has 1 saturated carbocycles. The van der Waals surface area contributed by atoms with Gasteiger partial charge in [-0.3, -0.25) is 0 Å². The molecule has 19 heavy (non-hydrogen) atoms. The highest BCUT2D eigenvalue weighted by Crippen LogP contribution is 2.40. The van der Waals surface area contributed by atoms with Gasteiger partial charge in [0.25, 0.3) is 0 Å². The molecule has 0 spiro atoms. The van der Waals surface area contributed by atoms with Gasteiger partial charge in [0.2, 0.25) is 0 Å². The van der Waals surface area contributed by atoms with Crippen molar-refractivity contribution in [3.05, 3.63) is 45.6 Å². The Kier molecular flexibility index (Phi) is 3.19. The lowest BCUT2D eigenvalue weighted by molar-refractivity contribution is 0.628. The molecule has 5 heteroatoms. The number of aromatic nitrogens is 2. The number of hydrogen-bond donors (Lipinski definition) is 0. The van der Waals surface area contributed by atoms with E-state index in [-0.39, 0.29) is 5.82 Å². The largest absolute Gasteiger partial charge is 0.232 e. The van der Waals surface area contributed by atoms with Gasteiger partial charge in [0.05, 0.1) is 5.69 Å². The monoisotopic (exact) mass is 296 g/mol. The predicted octanol–water partition coefficient (Wildman–Crippen LogP) is 4.78. The Labute approximate surface area is 120 Å². The number of benzene rings is 1. The van der Waals surface area contributed by atoms with Crippen LogP contribution in [0, 0.1) is 12.7 Å². The Morgan fingerprint density at radius 3 is 2.53 bits per heavy atom. The Hall–Kier alpha value is -1.19. The zero-order valence-corrected chi connectivity index (χ0v) is 11.8. The van der Waals surface area contributed by atoms with Crippen LogP contribution < -0.4 is 0 Å². The average molecular weight is 297 g/mol. The van der Waals surface area contributed by atoms with Gasteiger partial charge in [-0.25, -0.2) is 14.4 Å². The minimum atomic E-state index is -0.385. The molecule has 0 amide bonds. The van der Waals surface area contributed by atoms with E-state index >= 15 is 0 Å². The van der Waals surface area contributed by atoms with Crippen LogP contribution >= 0.6 is 23.2 Å². The zero-order chi connectivity index (χ0) is 13.6. The van der Waals surface area contributed by atoms with Crippen LogP contribution in [0.4, 0.5) is 4.39 Å². The van der Waals surface area contributed by atoms with Crippen LogP contribution in [0.5, 0.6) is 0 Å². The number of halogens is 3. The summed E-state index contributed by atoms with van der Waals surface area (Å²) in [5.74, 6) is 0.747. The minimum Gasteiger partial charge on any atom is -0.232 e. The summed E-state index contributed by atoms with van der Waals surface area (Å²) >= 11 is 12.0. The fourth-order valence-corrected chi connectivity index (χ4v) is 2.40. The smallest absolute Gasteiger partial charge is 0.136 e. The molecule has 1 heterocycles. The Morgan fingerprint density at radius 1 is 1.16 bits per heavy atom. The zero-order valence-electron chi connectivity index (χ0n) is 10.3. The van der Waals surface area contributed by atoms with Gasteiger partial charge in [0, 0.05) is 22.1 Å². The maximum absolute atomic E-state index is 13.5. The van der Waals surface area contributed by atoms with Crippen LogP contribution in [0.3, 0.4) is 0 Å². The first-order valence-electron chi connectivity index (χ1n) is 6.05. The van der Waals surface area contributed by atoms with E-state index in [9.17, 15) is 4.39 Å². The Bertz CT molecular complexity index is 634. The van der Waals surface area contributed by atoms with E-state index in [0.29, 0.717) is 27.4 Å². The van der Waals surface area contributed by atoms with Gasteiger partial charge in [0.15, 0.2) is 0 Å². The standard InChI is InChI=1S/C14H11Cl2FN2/c1-7-12(9-4-10(15)6-11(17)5-9)18-14(8-2-3-8)19-13(7)16/h4-6,8H,2-3H2,1H3. The van der Waals surface area contributed by atoms with E-state index in [1.165, 1.54) is 12.1 Å². The van der Waals surface area contributed by atoms with Crippen LogP contribution in [0.15, 0.2) is 18.2 Å². The first-order valence-corrected chi connectivity index (χ1v) is 6.80. The van der Waals surface area contributed by atoms with Crippen molar-refractivity contribution < 1.29 is 4.39 Å². The first-order chi connectivity index (χ1) is 9.04. The second kappa shape index (κ2) is 4.73. The molecule has 0 radical (unpaired) electrons. The molecule has 98 valence electrons. The van der Waals surface area contributed by atoms with Gasteiger partial charge in [-0.05, 0) is 38.0 Å². The maximum Gasteiger partial charge on any atom is 0.136 e. The third-order valence-electron chi connectivity index (χ3n) is 3.18. The molecule has 0 N–H and O–H groups in total. The van der Waals surface area contributed by atoms with E-state index in [2.05, 4.69) is 9.97 Å². The molecule has 2 nitrogen and oxygen atoms in total. The van der Waals surface area contributed by atoms with Crippen molar-refractivity contribution in [2.75, 3.05) is 0 Å². The predicted molar refractivity (Wildman–Crippen MR) is 74.2 cm³/mol. The van der Waals surface area contributed by atoms with Crippen molar-refractivity contribution in [3.8, 4) is 11.3 Å². The van der Waals surface area contributed by atoms with E-state index < -0.39 is 0 Å². The van der Waals surface area contributed by atoms with Crippen LogP contribution in [-0.4, -0.2) is 9.97 Å². The van der Waals surface area contributed by atoms with Gasteiger partial charge in [-0.2, -0.15) is 0 Å². The van der Waals surface area contributed by atoms with Crippen molar-refractivity contribution in [1.82, 2.24) is 9.97 Å². The summed E-state index contributed by atoms with van der Waals surface area (Å²) in [6, 6.07) is 4.37. The van der Waals surface area contributed by atoms with E-state index in [1.807, 2.05) is 6.92 Å². The van der Waals surface area contributed by atoms with E-state index in [4.69, 9.17) is 23.2 Å². The molecule has 3 rings (SSSR count). The third-order valence-corrected chi connectivity index (χ3v) is 3.77. The summed E-state index contributed by atoms with van der Waals surface area (Å²) < 4.78 is 13.5. The highest BCUT2D eigenvalue weighted by Gasteiger charge is 2.28. The topological polar surface area (TPSA) is 25.8 Å². The lowest BCUT2D eigenvalue weighted by atomic mass is 10.1. The summed E-state index contributed by atoms with van der Waals surface area (Å²) in [6.45, 7) is 1.83. The van der Waals surface area contributed by atoms with Gasteiger partial charge in [-0.15, -0.1) is 0 Å². The molecular formula is C14H11Cl2FN2. The summed E-state index contributed by atoms with van der Waals surface area (Å²) in [5, 5.41) is 0.768. The second-order valence-corrected chi connectivity index (χ2v) is 5.57. The van der Waals surface area contributed by atoms with Crippen molar-refractivity contribution in [3.63, 3.8) is 0 Å². The molecule has 1 aromatic carbocycles. The highest BCUT2D eigenvalue weighted by molar-refractivity contribution is 6.31. The van der Waals surface area contributed by atoms with Crippen LogP contribution in [0.1, 0.15) is 30.1 Å². The fraction of sp³-hybridized carbons (Fsp3) is 0.286. The molecule has 1 aliphatic rings. The number of hydrogen-bond acceptors (Lipinski definition) is 2. The van der Waals surface area contributed by atoms with Crippen LogP contribution in [-0.2, 0) is 0 Å². The van der Waals surface area contributed by atoms with Gasteiger partial charge in [-0.1, -0.05) is 23.2 Å². The van der Waals surface area contributed by atoms with Gasteiger partial charge < -0.3 is 0 Å². The molecule has 0 unspecified atom stereocenters. The normalized spacial score (nSPS) is 14.7. The minimum absolute atomic E-state index is 0.345. The summed E-state index contributed by atoms with van der Waals surface area (Å²) in [6.07, 6.45) is 2.17. The average Bonchev–Trinajstić information content (AvgIpc) is 3.15. The SMILES string of the molecule is Cc1c(Cl)nc(C2CC2)nc1-c1cc(F)cc(Cl)c1. The summed E-state index contributed by atoms with van der Waals surface area (Å²) in [5.41, 5.74) is 2.03. The molecule has 0 atom stereocenters. The Morgan fingerprint density at radius 2 is 1.89 bits per heavy atom. The van der Waals surface area contributed by atoms with Gasteiger partial charge >= 0.3 is 0 Å². The fourth-order valence-electron chi connectivity index (χ4n) is 2.00. The molecule has 2 aromatic rings. The molecule has 1 aromatic heterocycles. The quantitative estimate of drug-likeness (QED) is 0.746. The third kappa shape index (κ3) is 2.58. The van der Waals surface area contributed by atoms with Crippen LogP contribution in [0.25, 0.3) is 11.3 Å². The van der Waals surface area contributed by atoms with Crippen LogP contribution in [0.2, 0.25) is 10.2 Å². The lowest BCUT2D eigenvalue weighted by Crippen LogP contribution is -1.99. The Balaban J connectivity index is 2.17. The summed E-state index contributed by atoms with van der Waals surface area (Å²) in [7, 11) is 0. The molecule has 0 saturated heterocycles. The van der Waals surface area contributed by atoms with Crippen molar-refractivity contribution in [2.45, 2.75) is 25.7 Å². The molecule has 0 bridgehead atoms.